The van der Waals surface area contributed by atoms with Gasteiger partial charge in [0, 0.05) is 26.4 Å². The lowest BCUT2D eigenvalue weighted by Gasteiger charge is -2.10. The van der Waals surface area contributed by atoms with Crippen molar-refractivity contribution in [3.8, 4) is 0 Å². The molecule has 0 fully saturated rings. The highest BCUT2D eigenvalue weighted by molar-refractivity contribution is 8.00. The number of carbonyl (C=O) groups is 2. The Labute approximate surface area is 122 Å². The molecule has 1 rings (SSSR count). The lowest BCUT2D eigenvalue weighted by molar-refractivity contribution is -0.120. The minimum atomic E-state index is -0.376. The van der Waals surface area contributed by atoms with Crippen molar-refractivity contribution in [3.05, 3.63) is 18.5 Å². The summed E-state index contributed by atoms with van der Waals surface area (Å²) in [7, 11) is 1.80. The van der Waals surface area contributed by atoms with Gasteiger partial charge in [0.15, 0.2) is 5.16 Å². The third kappa shape index (κ3) is 4.69. The fourth-order valence-corrected chi connectivity index (χ4v) is 2.29. The van der Waals surface area contributed by atoms with E-state index in [1.165, 1.54) is 11.8 Å². The number of nitrogens with two attached hydrogens (primary N) is 1. The van der Waals surface area contributed by atoms with Crippen LogP contribution in [0, 0.1) is 0 Å². The topological polar surface area (TPSA) is 103 Å². The molecule has 1 aromatic heterocycles. The van der Waals surface area contributed by atoms with Gasteiger partial charge in [-0.1, -0.05) is 17.8 Å². The number of nitrogens with zero attached hydrogens (tertiary/aromatic N) is 3. The Morgan fingerprint density at radius 3 is 2.85 bits per heavy atom. The second-order valence-corrected chi connectivity index (χ2v) is 5.53. The van der Waals surface area contributed by atoms with Crippen molar-refractivity contribution in [1.82, 2.24) is 20.1 Å². The molecule has 8 heteroatoms. The molecule has 2 amide bonds. The standard InChI is InChI=1S/C12H19N5O2S/c1-4-7-14-11(19)8(2)20-12-16-15-10(17(12)3)6-5-9(13)18/h4,8H,1,5-7H2,2-3H3,(H2,13,18)(H,14,19)/t8-/m1/s1. The van der Waals surface area contributed by atoms with Gasteiger partial charge >= 0.3 is 0 Å². The van der Waals surface area contributed by atoms with Crippen molar-refractivity contribution in [2.24, 2.45) is 12.8 Å². The summed E-state index contributed by atoms with van der Waals surface area (Å²) in [6, 6.07) is 0. The number of carbonyl (C=O) groups excluding carboxylic acids is 2. The number of aryl methyl sites for hydroxylation is 1. The number of hydrogen-bond acceptors (Lipinski definition) is 5. The van der Waals surface area contributed by atoms with Gasteiger partial charge < -0.3 is 15.6 Å². The largest absolute Gasteiger partial charge is 0.370 e. The number of primary amides is 1. The van der Waals surface area contributed by atoms with Crippen LogP contribution in [0.25, 0.3) is 0 Å². The zero-order chi connectivity index (χ0) is 15.1. The third-order valence-corrected chi connectivity index (χ3v) is 3.73. The molecule has 0 saturated heterocycles. The van der Waals surface area contributed by atoms with Crippen LogP contribution >= 0.6 is 11.8 Å². The Kier molecular flexibility index (Phi) is 6.23. The summed E-state index contributed by atoms with van der Waals surface area (Å²) < 4.78 is 1.77. The molecule has 110 valence electrons. The van der Waals surface area contributed by atoms with Crippen molar-refractivity contribution in [2.45, 2.75) is 30.2 Å². The van der Waals surface area contributed by atoms with Gasteiger partial charge in [0.25, 0.3) is 0 Å². The molecule has 0 unspecified atom stereocenters. The predicted octanol–water partition coefficient (Wildman–Crippen LogP) is 0.0158. The van der Waals surface area contributed by atoms with Gasteiger partial charge in [0.2, 0.25) is 11.8 Å². The molecule has 0 aliphatic carbocycles. The molecule has 1 atom stereocenters. The van der Waals surface area contributed by atoms with E-state index in [9.17, 15) is 9.59 Å². The van der Waals surface area contributed by atoms with Crippen molar-refractivity contribution >= 4 is 23.6 Å². The van der Waals surface area contributed by atoms with Gasteiger partial charge in [-0.3, -0.25) is 9.59 Å². The minimum Gasteiger partial charge on any atom is -0.370 e. The number of nitrogens with one attached hydrogen (secondary N) is 1. The summed E-state index contributed by atoms with van der Waals surface area (Å²) in [5, 5.41) is 11.1. The van der Waals surface area contributed by atoms with Gasteiger partial charge in [-0.05, 0) is 6.92 Å². The van der Waals surface area contributed by atoms with E-state index in [0.717, 1.165) is 0 Å². The van der Waals surface area contributed by atoms with Crippen molar-refractivity contribution < 1.29 is 9.59 Å². The Morgan fingerprint density at radius 2 is 2.25 bits per heavy atom. The Morgan fingerprint density at radius 1 is 1.55 bits per heavy atom. The zero-order valence-corrected chi connectivity index (χ0v) is 12.4. The summed E-state index contributed by atoms with van der Waals surface area (Å²) in [5.41, 5.74) is 5.10. The molecule has 3 N–H and O–H groups in total. The lowest BCUT2D eigenvalue weighted by atomic mass is 10.3. The fourth-order valence-electron chi connectivity index (χ4n) is 1.43. The fraction of sp³-hybridized carbons (Fsp3) is 0.500. The van der Waals surface area contributed by atoms with Crippen LogP contribution in [0.3, 0.4) is 0 Å². The number of aromatic nitrogens is 3. The molecule has 0 spiro atoms. The first-order valence-electron chi connectivity index (χ1n) is 6.17. The molecule has 0 aliphatic heterocycles. The highest BCUT2D eigenvalue weighted by Gasteiger charge is 2.18. The van der Waals surface area contributed by atoms with Crippen molar-refractivity contribution in [3.63, 3.8) is 0 Å². The molecule has 20 heavy (non-hydrogen) atoms. The molecule has 7 nitrogen and oxygen atoms in total. The van der Waals surface area contributed by atoms with Gasteiger partial charge in [-0.15, -0.1) is 16.8 Å². The maximum Gasteiger partial charge on any atom is 0.233 e. The Hall–Kier alpha value is -1.83. The molecule has 0 radical (unpaired) electrons. The quantitative estimate of drug-likeness (QED) is 0.520. The van der Waals surface area contributed by atoms with Gasteiger partial charge in [-0.2, -0.15) is 0 Å². The molecule has 0 saturated carbocycles. The van der Waals surface area contributed by atoms with E-state index >= 15 is 0 Å². The number of rotatable bonds is 8. The smallest absolute Gasteiger partial charge is 0.233 e. The molecular weight excluding hydrogens is 278 g/mol. The molecule has 0 bridgehead atoms. The summed E-state index contributed by atoms with van der Waals surface area (Å²) >= 11 is 1.31. The Balaban J connectivity index is 2.61. The monoisotopic (exact) mass is 297 g/mol. The van der Waals surface area contributed by atoms with E-state index < -0.39 is 0 Å². The number of thioether (sulfide) groups is 1. The van der Waals surface area contributed by atoms with Crippen molar-refractivity contribution in [1.29, 1.82) is 0 Å². The number of hydrogen-bond donors (Lipinski definition) is 2. The van der Waals surface area contributed by atoms with E-state index in [1.807, 2.05) is 0 Å². The minimum absolute atomic E-state index is 0.0865. The Bertz CT molecular complexity index is 500. The molecule has 1 heterocycles. The first kappa shape index (κ1) is 16.2. The van der Waals surface area contributed by atoms with E-state index in [4.69, 9.17) is 5.73 Å². The van der Waals surface area contributed by atoms with Gasteiger partial charge in [0.05, 0.1) is 5.25 Å². The summed E-state index contributed by atoms with van der Waals surface area (Å²) in [5.74, 6) is 0.209. The van der Waals surface area contributed by atoms with Gasteiger partial charge in [0.1, 0.15) is 5.82 Å². The summed E-state index contributed by atoms with van der Waals surface area (Å²) in [4.78, 5) is 22.5. The van der Waals surface area contributed by atoms with Crippen molar-refractivity contribution in [2.75, 3.05) is 6.54 Å². The molecule has 0 aliphatic rings. The number of amides is 2. The molecule has 0 aromatic carbocycles. The van der Waals surface area contributed by atoms with Crippen LogP contribution < -0.4 is 11.1 Å². The van der Waals surface area contributed by atoms with Crippen LogP contribution in [-0.2, 0) is 23.1 Å². The van der Waals surface area contributed by atoms with E-state index in [0.29, 0.717) is 23.9 Å². The van der Waals surface area contributed by atoms with Crippen LogP contribution in [0.5, 0.6) is 0 Å². The maximum absolute atomic E-state index is 11.7. The second kappa shape index (κ2) is 7.68. The predicted molar refractivity (Wildman–Crippen MR) is 77.0 cm³/mol. The molecule has 1 aromatic rings. The van der Waals surface area contributed by atoms with Crippen LogP contribution in [0.2, 0.25) is 0 Å². The van der Waals surface area contributed by atoms with Crippen LogP contribution in [0.15, 0.2) is 17.8 Å². The maximum atomic E-state index is 11.7. The van der Waals surface area contributed by atoms with E-state index in [2.05, 4.69) is 22.1 Å². The average Bonchev–Trinajstić information content (AvgIpc) is 2.74. The first-order valence-corrected chi connectivity index (χ1v) is 7.05. The van der Waals surface area contributed by atoms with Crippen LogP contribution in [0.4, 0.5) is 0 Å². The van der Waals surface area contributed by atoms with Crippen LogP contribution in [0.1, 0.15) is 19.2 Å². The lowest BCUT2D eigenvalue weighted by Crippen LogP contribution is -2.31. The first-order chi connectivity index (χ1) is 9.45. The SMILES string of the molecule is C=CCNC(=O)[C@@H](C)Sc1nnc(CCC(N)=O)n1C. The highest BCUT2D eigenvalue weighted by Crippen LogP contribution is 2.21. The normalized spacial score (nSPS) is 11.9. The van der Waals surface area contributed by atoms with E-state index in [-0.39, 0.29) is 23.5 Å². The summed E-state index contributed by atoms with van der Waals surface area (Å²) in [6.07, 6.45) is 2.29. The second-order valence-electron chi connectivity index (χ2n) is 4.22. The zero-order valence-electron chi connectivity index (χ0n) is 11.6. The summed E-state index contributed by atoms with van der Waals surface area (Å²) in [6.45, 7) is 5.77. The van der Waals surface area contributed by atoms with E-state index in [1.54, 1.807) is 24.6 Å². The third-order valence-electron chi connectivity index (χ3n) is 2.59. The highest BCUT2D eigenvalue weighted by atomic mass is 32.2. The van der Waals surface area contributed by atoms with Gasteiger partial charge in [-0.25, -0.2) is 0 Å². The molecular formula is C12H19N5O2S. The van der Waals surface area contributed by atoms with Crippen LogP contribution in [-0.4, -0.2) is 38.4 Å². The average molecular weight is 297 g/mol.